The summed E-state index contributed by atoms with van der Waals surface area (Å²) in [7, 11) is 1.55. The van der Waals surface area contributed by atoms with Crippen LogP contribution in [0, 0.1) is 10.1 Å². The van der Waals surface area contributed by atoms with Crippen LogP contribution in [0.4, 0.5) is 5.69 Å². The normalized spacial score (nSPS) is 11.4. The van der Waals surface area contributed by atoms with Crippen molar-refractivity contribution in [2.75, 3.05) is 7.11 Å². The zero-order valence-corrected chi connectivity index (χ0v) is 15.9. The Morgan fingerprint density at radius 3 is 2.37 bits per heavy atom. The van der Waals surface area contributed by atoms with Crippen LogP contribution in [-0.2, 0) is 0 Å². The van der Waals surface area contributed by atoms with E-state index in [9.17, 15) is 14.9 Å². The standard InChI is InChI=1S/C23H16N2O5/c1-29-18-12-8-16(9-13-18)22(26)19(14-15-6-10-17(11-7-15)25(27)28)23-24-20-4-2-3-5-21(20)30-23/h2-14H,1H3/b19-14-. The summed E-state index contributed by atoms with van der Waals surface area (Å²) in [4.78, 5) is 28.2. The maximum absolute atomic E-state index is 13.3. The Hall–Kier alpha value is -4.26. The fourth-order valence-corrected chi connectivity index (χ4v) is 2.97. The van der Waals surface area contributed by atoms with E-state index in [0.717, 1.165) is 0 Å². The summed E-state index contributed by atoms with van der Waals surface area (Å²) < 4.78 is 11.0. The highest BCUT2D eigenvalue weighted by Gasteiger charge is 2.20. The van der Waals surface area contributed by atoms with Crippen LogP contribution in [-0.4, -0.2) is 22.8 Å². The first kappa shape index (κ1) is 19.1. The van der Waals surface area contributed by atoms with Gasteiger partial charge in [0.1, 0.15) is 11.3 Å². The number of nitro benzene ring substituents is 1. The van der Waals surface area contributed by atoms with Gasteiger partial charge in [0, 0.05) is 17.7 Å². The van der Waals surface area contributed by atoms with Gasteiger partial charge in [0.2, 0.25) is 5.89 Å². The highest BCUT2D eigenvalue weighted by molar-refractivity contribution is 6.31. The average molecular weight is 400 g/mol. The number of fused-ring (bicyclic) bond motifs is 1. The predicted molar refractivity (Wildman–Crippen MR) is 112 cm³/mol. The van der Waals surface area contributed by atoms with Crippen molar-refractivity contribution in [2.45, 2.75) is 0 Å². The van der Waals surface area contributed by atoms with Crippen LogP contribution in [0.1, 0.15) is 21.8 Å². The number of nitro groups is 1. The lowest BCUT2D eigenvalue weighted by molar-refractivity contribution is -0.384. The molecule has 1 heterocycles. The lowest BCUT2D eigenvalue weighted by atomic mass is 10.0. The molecule has 0 N–H and O–H groups in total. The number of nitrogens with zero attached hydrogens (tertiary/aromatic N) is 2. The summed E-state index contributed by atoms with van der Waals surface area (Å²) in [5.41, 5.74) is 2.45. The van der Waals surface area contributed by atoms with E-state index in [1.807, 2.05) is 12.1 Å². The molecule has 3 aromatic carbocycles. The second-order valence-corrected chi connectivity index (χ2v) is 6.45. The average Bonchev–Trinajstić information content (AvgIpc) is 3.21. The molecule has 0 saturated heterocycles. The van der Waals surface area contributed by atoms with Crippen molar-refractivity contribution >= 4 is 34.2 Å². The van der Waals surface area contributed by atoms with Crippen molar-refractivity contribution < 1.29 is 18.9 Å². The van der Waals surface area contributed by atoms with Crippen molar-refractivity contribution in [3.63, 3.8) is 0 Å². The molecule has 4 rings (SSSR count). The number of para-hydroxylation sites is 2. The molecule has 0 bridgehead atoms. The molecule has 0 spiro atoms. The Morgan fingerprint density at radius 1 is 1.03 bits per heavy atom. The molecule has 0 fully saturated rings. The van der Waals surface area contributed by atoms with E-state index < -0.39 is 4.92 Å². The van der Waals surface area contributed by atoms with Gasteiger partial charge in [0.15, 0.2) is 11.4 Å². The van der Waals surface area contributed by atoms with E-state index in [-0.39, 0.29) is 22.9 Å². The van der Waals surface area contributed by atoms with Gasteiger partial charge < -0.3 is 9.15 Å². The number of non-ortho nitro benzene ring substituents is 1. The second kappa shape index (κ2) is 8.00. The molecule has 30 heavy (non-hydrogen) atoms. The molecular weight excluding hydrogens is 384 g/mol. The molecule has 0 aliphatic heterocycles. The van der Waals surface area contributed by atoms with Crippen molar-refractivity contribution in [1.82, 2.24) is 4.98 Å². The number of methoxy groups -OCH3 is 1. The number of carbonyl (C=O) groups is 1. The first-order valence-electron chi connectivity index (χ1n) is 9.06. The molecular formula is C23H16N2O5. The summed E-state index contributed by atoms with van der Waals surface area (Å²) in [6, 6.07) is 19.8. The Labute approximate surface area is 171 Å². The van der Waals surface area contributed by atoms with Gasteiger partial charge in [0.25, 0.3) is 5.69 Å². The second-order valence-electron chi connectivity index (χ2n) is 6.45. The number of hydrogen-bond acceptors (Lipinski definition) is 6. The number of oxazole rings is 1. The minimum atomic E-state index is -0.474. The first-order valence-corrected chi connectivity index (χ1v) is 9.06. The Balaban J connectivity index is 1.80. The number of benzene rings is 3. The number of Topliss-reactive ketones (excluding diaryl/α,β-unsaturated/α-hetero) is 1. The zero-order valence-electron chi connectivity index (χ0n) is 15.9. The van der Waals surface area contributed by atoms with Gasteiger partial charge in [-0.3, -0.25) is 14.9 Å². The van der Waals surface area contributed by atoms with E-state index >= 15 is 0 Å². The van der Waals surface area contributed by atoms with E-state index in [0.29, 0.717) is 28.0 Å². The summed E-state index contributed by atoms with van der Waals surface area (Å²) in [5, 5.41) is 10.9. The number of rotatable bonds is 6. The fraction of sp³-hybridized carbons (Fsp3) is 0.0435. The lowest BCUT2D eigenvalue weighted by Gasteiger charge is -2.05. The van der Waals surface area contributed by atoms with Crippen molar-refractivity contribution in [3.8, 4) is 5.75 Å². The van der Waals surface area contributed by atoms with Crippen LogP contribution >= 0.6 is 0 Å². The Kier molecular flexibility index (Phi) is 5.09. The van der Waals surface area contributed by atoms with Crippen LogP contribution in [0.3, 0.4) is 0 Å². The number of hydrogen-bond donors (Lipinski definition) is 0. The summed E-state index contributed by atoms with van der Waals surface area (Å²) in [5.74, 6) is 0.521. The molecule has 7 nitrogen and oxygen atoms in total. The molecule has 0 amide bonds. The topological polar surface area (TPSA) is 95.5 Å². The van der Waals surface area contributed by atoms with Crippen LogP contribution in [0.25, 0.3) is 22.7 Å². The van der Waals surface area contributed by atoms with Gasteiger partial charge in [-0.2, -0.15) is 0 Å². The number of aromatic nitrogens is 1. The fourth-order valence-electron chi connectivity index (χ4n) is 2.97. The third-order valence-electron chi connectivity index (χ3n) is 4.54. The first-order chi connectivity index (χ1) is 14.5. The van der Waals surface area contributed by atoms with Gasteiger partial charge in [-0.05, 0) is 60.2 Å². The van der Waals surface area contributed by atoms with Crippen molar-refractivity contribution in [2.24, 2.45) is 0 Å². The largest absolute Gasteiger partial charge is 0.497 e. The number of ketones is 1. The number of allylic oxidation sites excluding steroid dienone is 1. The van der Waals surface area contributed by atoms with E-state index in [2.05, 4.69) is 4.98 Å². The third kappa shape index (κ3) is 3.81. The van der Waals surface area contributed by atoms with Crippen LogP contribution in [0.5, 0.6) is 5.75 Å². The van der Waals surface area contributed by atoms with E-state index in [1.165, 1.54) is 12.1 Å². The highest BCUT2D eigenvalue weighted by Crippen LogP contribution is 2.27. The van der Waals surface area contributed by atoms with Gasteiger partial charge in [-0.15, -0.1) is 0 Å². The SMILES string of the molecule is COc1ccc(C(=O)/C(=C/c2ccc([N+](=O)[O-])cc2)c2nc3ccccc3o2)cc1. The summed E-state index contributed by atoms with van der Waals surface area (Å²) in [6.45, 7) is 0. The monoisotopic (exact) mass is 400 g/mol. The van der Waals surface area contributed by atoms with Crippen molar-refractivity contribution in [1.29, 1.82) is 0 Å². The quantitative estimate of drug-likeness (QED) is 0.192. The van der Waals surface area contributed by atoms with Crippen LogP contribution in [0.15, 0.2) is 77.2 Å². The molecule has 1 aromatic heterocycles. The molecule has 0 aliphatic rings. The molecule has 0 radical (unpaired) electrons. The number of carbonyl (C=O) groups excluding carboxylic acids is 1. The molecule has 4 aromatic rings. The molecule has 0 atom stereocenters. The molecule has 7 heteroatoms. The highest BCUT2D eigenvalue weighted by atomic mass is 16.6. The molecule has 0 saturated carbocycles. The van der Waals surface area contributed by atoms with E-state index in [4.69, 9.17) is 9.15 Å². The van der Waals surface area contributed by atoms with Crippen LogP contribution < -0.4 is 4.74 Å². The molecule has 0 aliphatic carbocycles. The minimum absolute atomic E-state index is 0.0305. The Bertz CT molecular complexity index is 1220. The summed E-state index contributed by atoms with van der Waals surface area (Å²) >= 11 is 0. The van der Waals surface area contributed by atoms with Crippen molar-refractivity contribution in [3.05, 3.63) is 99.9 Å². The maximum Gasteiger partial charge on any atom is 0.269 e. The zero-order chi connectivity index (χ0) is 21.1. The third-order valence-corrected chi connectivity index (χ3v) is 4.54. The van der Waals surface area contributed by atoms with Gasteiger partial charge in [0.05, 0.1) is 17.6 Å². The molecule has 0 unspecified atom stereocenters. The smallest absolute Gasteiger partial charge is 0.269 e. The minimum Gasteiger partial charge on any atom is -0.497 e. The van der Waals surface area contributed by atoms with Crippen LogP contribution in [0.2, 0.25) is 0 Å². The lowest BCUT2D eigenvalue weighted by Crippen LogP contribution is -2.03. The summed E-state index contributed by atoms with van der Waals surface area (Å²) in [6.07, 6.45) is 1.61. The van der Waals surface area contributed by atoms with E-state index in [1.54, 1.807) is 61.7 Å². The molecule has 148 valence electrons. The number of ether oxygens (including phenoxy) is 1. The van der Waals surface area contributed by atoms with Gasteiger partial charge in [-0.1, -0.05) is 12.1 Å². The maximum atomic E-state index is 13.3. The Morgan fingerprint density at radius 2 is 1.73 bits per heavy atom. The van der Waals surface area contributed by atoms with Gasteiger partial charge in [-0.25, -0.2) is 4.98 Å². The predicted octanol–water partition coefficient (Wildman–Crippen LogP) is 5.17. The van der Waals surface area contributed by atoms with Gasteiger partial charge >= 0.3 is 0 Å².